The Morgan fingerprint density at radius 1 is 1.00 bits per heavy atom. The van der Waals surface area contributed by atoms with Gasteiger partial charge in [0.1, 0.15) is 11.5 Å². The molecule has 0 amide bonds. The fourth-order valence-corrected chi connectivity index (χ4v) is 1.76. The number of esters is 1. The quantitative estimate of drug-likeness (QED) is 0.516. The molecule has 0 saturated heterocycles. The lowest BCUT2D eigenvalue weighted by atomic mass is 10.1. The number of anilines is 1. The lowest BCUT2D eigenvalue weighted by Crippen LogP contribution is -2.09. The Morgan fingerprint density at radius 3 is 2.20 bits per heavy atom. The van der Waals surface area contributed by atoms with Gasteiger partial charge in [-0.25, -0.2) is 0 Å². The van der Waals surface area contributed by atoms with Crippen LogP contribution in [-0.4, -0.2) is 13.1 Å². The Morgan fingerprint density at radius 2 is 1.60 bits per heavy atom. The van der Waals surface area contributed by atoms with Crippen LogP contribution in [0.5, 0.6) is 11.5 Å². The van der Waals surface area contributed by atoms with Crippen molar-refractivity contribution in [3.05, 3.63) is 54.1 Å². The fraction of sp³-hybridized carbons (Fsp3) is 0.188. The summed E-state index contributed by atoms with van der Waals surface area (Å²) in [5.41, 5.74) is 7.38. The van der Waals surface area contributed by atoms with Crippen LogP contribution in [0, 0.1) is 0 Å². The number of hydrogen-bond donors (Lipinski definition) is 1. The van der Waals surface area contributed by atoms with E-state index in [0.29, 0.717) is 18.6 Å². The molecule has 0 unspecified atom stereocenters. The number of rotatable bonds is 5. The summed E-state index contributed by atoms with van der Waals surface area (Å²) in [5, 5.41) is 0. The molecular weight excluding hydrogens is 254 g/mol. The predicted octanol–water partition coefficient (Wildman–Crippen LogP) is 2.82. The molecule has 104 valence electrons. The van der Waals surface area contributed by atoms with Crippen molar-refractivity contribution in [2.45, 2.75) is 12.8 Å². The molecule has 2 N–H and O–H groups in total. The van der Waals surface area contributed by atoms with Crippen LogP contribution in [0.2, 0.25) is 0 Å². The molecule has 0 bridgehead atoms. The van der Waals surface area contributed by atoms with Crippen molar-refractivity contribution in [2.24, 2.45) is 0 Å². The molecule has 4 nitrogen and oxygen atoms in total. The Balaban J connectivity index is 1.84. The highest BCUT2D eigenvalue weighted by atomic mass is 16.5. The summed E-state index contributed by atoms with van der Waals surface area (Å²) in [4.78, 5) is 11.7. The van der Waals surface area contributed by atoms with Crippen LogP contribution in [0.3, 0.4) is 0 Å². The molecule has 0 heterocycles. The van der Waals surface area contributed by atoms with Crippen LogP contribution in [0.4, 0.5) is 5.69 Å². The van der Waals surface area contributed by atoms with E-state index < -0.39 is 0 Å². The van der Waals surface area contributed by atoms with Crippen LogP contribution in [0.1, 0.15) is 12.0 Å². The summed E-state index contributed by atoms with van der Waals surface area (Å²) in [6.45, 7) is 0. The minimum absolute atomic E-state index is 0.257. The normalized spacial score (nSPS) is 10.1. The van der Waals surface area contributed by atoms with E-state index in [9.17, 15) is 4.79 Å². The third-order valence-electron chi connectivity index (χ3n) is 2.89. The molecule has 0 aromatic heterocycles. The van der Waals surface area contributed by atoms with E-state index in [-0.39, 0.29) is 5.97 Å². The zero-order valence-corrected chi connectivity index (χ0v) is 11.3. The Hall–Kier alpha value is -2.49. The van der Waals surface area contributed by atoms with Crippen LogP contribution in [0.15, 0.2) is 48.5 Å². The first-order valence-electron chi connectivity index (χ1n) is 6.36. The van der Waals surface area contributed by atoms with Gasteiger partial charge in [-0.3, -0.25) is 4.79 Å². The van der Waals surface area contributed by atoms with Crippen molar-refractivity contribution in [1.29, 1.82) is 0 Å². The Bertz CT molecular complexity index is 561. The van der Waals surface area contributed by atoms with Gasteiger partial charge in [0, 0.05) is 12.1 Å². The van der Waals surface area contributed by atoms with Crippen molar-refractivity contribution >= 4 is 11.7 Å². The van der Waals surface area contributed by atoms with E-state index in [0.717, 1.165) is 17.0 Å². The minimum atomic E-state index is -0.257. The van der Waals surface area contributed by atoms with E-state index in [1.165, 1.54) is 0 Å². The van der Waals surface area contributed by atoms with Crippen molar-refractivity contribution in [2.75, 3.05) is 12.8 Å². The SMILES string of the molecule is COc1ccc(OC(=O)CCc2ccc(N)cc2)cc1. The topological polar surface area (TPSA) is 61.5 Å². The van der Waals surface area contributed by atoms with Gasteiger partial charge in [0.15, 0.2) is 0 Å². The first kappa shape index (κ1) is 13.9. The Kier molecular flexibility index (Phi) is 4.60. The summed E-state index contributed by atoms with van der Waals surface area (Å²) in [5.74, 6) is 0.992. The highest BCUT2D eigenvalue weighted by molar-refractivity contribution is 5.72. The molecule has 0 fully saturated rings. The fourth-order valence-electron chi connectivity index (χ4n) is 1.76. The second-order valence-electron chi connectivity index (χ2n) is 4.39. The number of benzene rings is 2. The van der Waals surface area contributed by atoms with Gasteiger partial charge in [-0.05, 0) is 48.4 Å². The largest absolute Gasteiger partial charge is 0.497 e. The van der Waals surface area contributed by atoms with E-state index in [4.69, 9.17) is 15.2 Å². The molecule has 0 atom stereocenters. The van der Waals surface area contributed by atoms with E-state index in [1.807, 2.05) is 24.3 Å². The standard InChI is InChI=1S/C16H17NO3/c1-19-14-7-9-15(10-8-14)20-16(18)11-4-12-2-5-13(17)6-3-12/h2-3,5-10H,4,11,17H2,1H3. The number of carbonyl (C=O) groups is 1. The predicted molar refractivity (Wildman–Crippen MR) is 77.8 cm³/mol. The smallest absolute Gasteiger partial charge is 0.311 e. The molecule has 0 aliphatic rings. The van der Waals surface area contributed by atoms with E-state index in [1.54, 1.807) is 31.4 Å². The number of aryl methyl sites for hydroxylation is 1. The van der Waals surface area contributed by atoms with Gasteiger partial charge < -0.3 is 15.2 Å². The zero-order valence-electron chi connectivity index (χ0n) is 11.3. The van der Waals surface area contributed by atoms with Crippen molar-refractivity contribution in [1.82, 2.24) is 0 Å². The summed E-state index contributed by atoms with van der Waals surface area (Å²) >= 11 is 0. The lowest BCUT2D eigenvalue weighted by Gasteiger charge is -2.05. The molecule has 0 radical (unpaired) electrons. The monoisotopic (exact) mass is 271 g/mol. The number of methoxy groups -OCH3 is 1. The molecule has 0 spiro atoms. The summed E-state index contributed by atoms with van der Waals surface area (Å²) in [6.07, 6.45) is 0.964. The van der Waals surface area contributed by atoms with Gasteiger partial charge in [0.05, 0.1) is 7.11 Å². The average Bonchev–Trinajstić information content (AvgIpc) is 2.47. The molecule has 2 aromatic carbocycles. The van der Waals surface area contributed by atoms with Crippen LogP contribution >= 0.6 is 0 Å². The maximum Gasteiger partial charge on any atom is 0.311 e. The first-order chi connectivity index (χ1) is 9.67. The Labute approximate surface area is 118 Å². The van der Waals surface area contributed by atoms with Crippen LogP contribution in [0.25, 0.3) is 0 Å². The van der Waals surface area contributed by atoms with Gasteiger partial charge in [0.2, 0.25) is 0 Å². The number of carbonyl (C=O) groups excluding carboxylic acids is 1. The molecule has 20 heavy (non-hydrogen) atoms. The maximum absolute atomic E-state index is 11.7. The number of nitrogen functional groups attached to an aromatic ring is 1. The molecule has 0 saturated carbocycles. The van der Waals surface area contributed by atoms with Crippen molar-refractivity contribution < 1.29 is 14.3 Å². The van der Waals surface area contributed by atoms with E-state index in [2.05, 4.69) is 0 Å². The number of nitrogens with two attached hydrogens (primary N) is 1. The van der Waals surface area contributed by atoms with Gasteiger partial charge in [0.25, 0.3) is 0 Å². The second-order valence-corrected chi connectivity index (χ2v) is 4.39. The highest BCUT2D eigenvalue weighted by Crippen LogP contribution is 2.17. The maximum atomic E-state index is 11.7. The van der Waals surface area contributed by atoms with Crippen molar-refractivity contribution in [3.8, 4) is 11.5 Å². The minimum Gasteiger partial charge on any atom is -0.497 e. The summed E-state index contributed by atoms with van der Waals surface area (Å²) in [7, 11) is 1.59. The summed E-state index contributed by atoms with van der Waals surface area (Å²) in [6, 6.07) is 14.4. The number of hydrogen-bond acceptors (Lipinski definition) is 4. The van der Waals surface area contributed by atoms with Crippen LogP contribution in [-0.2, 0) is 11.2 Å². The molecule has 4 heteroatoms. The van der Waals surface area contributed by atoms with Gasteiger partial charge in [-0.2, -0.15) is 0 Å². The number of ether oxygens (including phenoxy) is 2. The van der Waals surface area contributed by atoms with Gasteiger partial charge in [-0.1, -0.05) is 12.1 Å². The molecule has 2 rings (SSSR count). The summed E-state index contributed by atoms with van der Waals surface area (Å²) < 4.78 is 10.3. The first-order valence-corrected chi connectivity index (χ1v) is 6.36. The zero-order chi connectivity index (χ0) is 14.4. The lowest BCUT2D eigenvalue weighted by molar-refractivity contribution is -0.134. The van der Waals surface area contributed by atoms with Gasteiger partial charge in [-0.15, -0.1) is 0 Å². The highest BCUT2D eigenvalue weighted by Gasteiger charge is 2.05. The molecular formula is C16H17NO3. The van der Waals surface area contributed by atoms with Gasteiger partial charge >= 0.3 is 5.97 Å². The third-order valence-corrected chi connectivity index (χ3v) is 2.89. The van der Waals surface area contributed by atoms with Crippen molar-refractivity contribution in [3.63, 3.8) is 0 Å². The second kappa shape index (κ2) is 6.61. The molecule has 0 aliphatic heterocycles. The third kappa shape index (κ3) is 4.02. The van der Waals surface area contributed by atoms with E-state index >= 15 is 0 Å². The molecule has 0 aliphatic carbocycles. The van der Waals surface area contributed by atoms with Crippen LogP contribution < -0.4 is 15.2 Å². The average molecular weight is 271 g/mol. The molecule has 2 aromatic rings.